The van der Waals surface area contributed by atoms with E-state index in [1.165, 1.54) is 0 Å². The van der Waals surface area contributed by atoms with Crippen LogP contribution in [-0.4, -0.2) is 95.1 Å². The SMILES string of the molecule is O=C(O)CCSC(CC(=O)OCCC(F)(F)C(F)(F)C(F)(F)C(F)(F)F)C(=O)OCCC(F)(F)C(F)(F)C(F)(F)C(F)(F)F. The van der Waals surface area contributed by atoms with Gasteiger partial charge in [0.15, 0.2) is 0 Å². The van der Waals surface area contributed by atoms with Crippen molar-refractivity contribution in [2.24, 2.45) is 0 Å². The highest BCUT2D eigenvalue weighted by molar-refractivity contribution is 8.00. The summed E-state index contributed by atoms with van der Waals surface area (Å²) in [5.41, 5.74) is 0. The third kappa shape index (κ3) is 9.26. The molecule has 0 amide bonds. The number of rotatable bonds is 17. The Bertz CT molecular complexity index is 1010. The first-order valence-electron chi connectivity index (χ1n) is 10.9. The fourth-order valence-electron chi connectivity index (χ4n) is 2.50. The zero-order valence-electron chi connectivity index (χ0n) is 20.7. The smallest absolute Gasteiger partial charge is 0.460 e. The zero-order chi connectivity index (χ0) is 35.4. The summed E-state index contributed by atoms with van der Waals surface area (Å²) in [5.74, 6) is -47.3. The monoisotopic (exact) mass is 714 g/mol. The van der Waals surface area contributed by atoms with E-state index < -0.39 is 116 Å². The molecule has 0 aliphatic carbocycles. The van der Waals surface area contributed by atoms with Crippen LogP contribution in [0, 0.1) is 0 Å². The molecule has 0 aromatic rings. The van der Waals surface area contributed by atoms with Crippen LogP contribution in [-0.2, 0) is 23.9 Å². The van der Waals surface area contributed by atoms with E-state index in [1.807, 2.05) is 0 Å². The summed E-state index contributed by atoms with van der Waals surface area (Å²) in [6, 6.07) is 0. The lowest BCUT2D eigenvalue weighted by molar-refractivity contribution is -0.397. The van der Waals surface area contributed by atoms with Gasteiger partial charge in [0.1, 0.15) is 5.25 Å². The average Bonchev–Trinajstić information content (AvgIpc) is 2.80. The van der Waals surface area contributed by atoms with Gasteiger partial charge < -0.3 is 14.6 Å². The number of carboxylic acid groups (broad SMARTS) is 1. The number of halogens is 18. The van der Waals surface area contributed by atoms with Gasteiger partial charge in [-0.1, -0.05) is 0 Å². The quantitative estimate of drug-likeness (QED) is 0.132. The first-order chi connectivity index (χ1) is 19.3. The van der Waals surface area contributed by atoms with Crippen LogP contribution in [0.4, 0.5) is 79.0 Å². The van der Waals surface area contributed by atoms with Gasteiger partial charge >= 0.3 is 65.8 Å². The van der Waals surface area contributed by atoms with Gasteiger partial charge in [0.05, 0.1) is 38.9 Å². The van der Waals surface area contributed by atoms with Gasteiger partial charge in [0.2, 0.25) is 0 Å². The van der Waals surface area contributed by atoms with Crippen LogP contribution in [0.5, 0.6) is 0 Å². The molecule has 0 heterocycles. The minimum absolute atomic E-state index is 0.0538. The Kier molecular flexibility index (Phi) is 13.1. The van der Waals surface area contributed by atoms with Crippen molar-refractivity contribution in [3.8, 4) is 0 Å². The molecule has 0 spiro atoms. The number of carbonyl (C=O) groups is 3. The number of thioether (sulfide) groups is 1. The van der Waals surface area contributed by atoms with Crippen molar-refractivity contribution in [1.29, 1.82) is 0 Å². The van der Waals surface area contributed by atoms with Crippen LogP contribution in [0.2, 0.25) is 0 Å². The summed E-state index contributed by atoms with van der Waals surface area (Å²) in [4.78, 5) is 34.4. The molecule has 1 unspecified atom stereocenters. The number of carboxylic acids is 1. The number of carbonyl (C=O) groups excluding carboxylic acids is 2. The average molecular weight is 714 g/mol. The second-order valence-corrected chi connectivity index (χ2v) is 9.61. The number of ether oxygens (including phenoxy) is 2. The molecule has 0 aliphatic rings. The second-order valence-electron chi connectivity index (χ2n) is 8.30. The second kappa shape index (κ2) is 13.9. The molecule has 260 valence electrons. The highest BCUT2D eigenvalue weighted by atomic mass is 32.2. The Hall–Kier alpha value is -2.50. The Morgan fingerprint density at radius 2 is 0.955 bits per heavy atom. The third-order valence-corrected chi connectivity index (χ3v) is 6.21. The third-order valence-electron chi connectivity index (χ3n) is 5.01. The standard InChI is InChI=1S/C19H16F18O6S/c20-12(21,14(24,25)16(28,29)18(32,33)34)2-4-42-10(40)7-8(44-6-1-9(38)39)11(41)43-5-3-13(22,23)15(26,27)17(30,31)19(35,36)37/h8H,1-7H2,(H,38,39). The molecule has 0 fully saturated rings. The lowest BCUT2D eigenvalue weighted by Crippen LogP contribution is -2.61. The van der Waals surface area contributed by atoms with Gasteiger partial charge in [-0.2, -0.15) is 79.0 Å². The first kappa shape index (κ1) is 41.5. The summed E-state index contributed by atoms with van der Waals surface area (Å²) < 4.78 is 239. The highest BCUT2D eigenvalue weighted by Crippen LogP contribution is 2.55. The lowest BCUT2D eigenvalue weighted by atomic mass is 10.0. The molecule has 0 aromatic carbocycles. The number of aliphatic carboxylic acids is 1. The maximum Gasteiger partial charge on any atom is 0.460 e. The molecule has 0 aromatic heterocycles. The fourth-order valence-corrected chi connectivity index (χ4v) is 3.54. The number of hydrogen-bond donors (Lipinski definition) is 1. The molecule has 0 bridgehead atoms. The van der Waals surface area contributed by atoms with E-state index in [4.69, 9.17) is 5.11 Å². The van der Waals surface area contributed by atoms with Crippen LogP contribution in [0.1, 0.15) is 25.7 Å². The maximum atomic E-state index is 13.5. The summed E-state index contributed by atoms with van der Waals surface area (Å²) in [5, 5.41) is 6.39. The topological polar surface area (TPSA) is 89.9 Å². The van der Waals surface area contributed by atoms with Crippen molar-refractivity contribution in [1.82, 2.24) is 0 Å². The van der Waals surface area contributed by atoms with E-state index in [1.54, 1.807) is 0 Å². The molecule has 0 saturated carbocycles. The van der Waals surface area contributed by atoms with Crippen molar-refractivity contribution in [3.63, 3.8) is 0 Å². The van der Waals surface area contributed by atoms with Crippen molar-refractivity contribution in [3.05, 3.63) is 0 Å². The van der Waals surface area contributed by atoms with E-state index in [0.29, 0.717) is 0 Å². The predicted molar refractivity (Wildman–Crippen MR) is 106 cm³/mol. The number of alkyl halides is 18. The van der Waals surface area contributed by atoms with E-state index in [-0.39, 0.29) is 11.8 Å². The van der Waals surface area contributed by atoms with Crippen LogP contribution in [0.15, 0.2) is 0 Å². The minimum Gasteiger partial charge on any atom is -0.481 e. The van der Waals surface area contributed by atoms with E-state index >= 15 is 0 Å². The highest BCUT2D eigenvalue weighted by Gasteiger charge is 2.82. The van der Waals surface area contributed by atoms with Crippen molar-refractivity contribution in [2.75, 3.05) is 19.0 Å². The molecule has 0 aliphatic heterocycles. The Morgan fingerprint density at radius 1 is 0.591 bits per heavy atom. The Morgan fingerprint density at radius 3 is 1.30 bits per heavy atom. The molecule has 1 N–H and O–H groups in total. The molecule has 0 rings (SSSR count). The fraction of sp³-hybridized carbons (Fsp3) is 0.842. The number of esters is 2. The lowest BCUT2D eigenvalue weighted by Gasteiger charge is -2.33. The van der Waals surface area contributed by atoms with E-state index in [0.717, 1.165) is 0 Å². The van der Waals surface area contributed by atoms with Crippen LogP contribution >= 0.6 is 11.8 Å². The van der Waals surface area contributed by atoms with Gasteiger partial charge in [-0.15, -0.1) is 11.8 Å². The minimum atomic E-state index is -7.28. The molecule has 25 heteroatoms. The van der Waals surface area contributed by atoms with Crippen LogP contribution in [0.25, 0.3) is 0 Å². The largest absolute Gasteiger partial charge is 0.481 e. The van der Waals surface area contributed by atoms with Gasteiger partial charge in [0.25, 0.3) is 0 Å². The van der Waals surface area contributed by atoms with Gasteiger partial charge in [-0.05, 0) is 0 Å². The number of hydrogen-bond acceptors (Lipinski definition) is 6. The van der Waals surface area contributed by atoms with Gasteiger partial charge in [-0.25, -0.2) is 0 Å². The zero-order valence-corrected chi connectivity index (χ0v) is 21.5. The van der Waals surface area contributed by atoms with Crippen molar-refractivity contribution >= 4 is 29.7 Å². The Labute approximate surface area is 236 Å². The molecule has 1 atom stereocenters. The summed E-state index contributed by atoms with van der Waals surface area (Å²) in [6.07, 6.45) is -22.1. The molecular weight excluding hydrogens is 698 g/mol. The van der Waals surface area contributed by atoms with Crippen LogP contribution in [0.3, 0.4) is 0 Å². The molecule has 6 nitrogen and oxygen atoms in total. The molecular formula is C19H16F18O6S. The summed E-state index contributed by atoms with van der Waals surface area (Å²) >= 11 is 0.0538. The van der Waals surface area contributed by atoms with Crippen LogP contribution < -0.4 is 0 Å². The summed E-state index contributed by atoms with van der Waals surface area (Å²) in [6.45, 7) is -4.07. The molecule has 0 radical (unpaired) electrons. The van der Waals surface area contributed by atoms with E-state index in [2.05, 4.69) is 9.47 Å². The van der Waals surface area contributed by atoms with Crippen molar-refractivity contribution < 1.29 is 108 Å². The molecule has 44 heavy (non-hydrogen) atoms. The molecule has 0 saturated heterocycles. The van der Waals surface area contributed by atoms with Gasteiger partial charge in [0, 0.05) is 5.75 Å². The predicted octanol–water partition coefficient (Wildman–Crippen LogP) is 6.76. The summed E-state index contributed by atoms with van der Waals surface area (Å²) in [7, 11) is 0. The normalized spacial score (nSPS) is 15.1. The first-order valence-corrected chi connectivity index (χ1v) is 11.9. The maximum absolute atomic E-state index is 13.5. The Balaban J connectivity index is 5.48. The van der Waals surface area contributed by atoms with Crippen molar-refractivity contribution in [2.45, 2.75) is 78.8 Å². The van der Waals surface area contributed by atoms with Gasteiger partial charge in [-0.3, -0.25) is 14.4 Å². The van der Waals surface area contributed by atoms with E-state index in [9.17, 15) is 93.4 Å².